The van der Waals surface area contributed by atoms with E-state index in [1.165, 1.54) is 10.4 Å². The van der Waals surface area contributed by atoms with Crippen LogP contribution in [0.25, 0.3) is 0 Å². The van der Waals surface area contributed by atoms with Gasteiger partial charge in [0.05, 0.1) is 4.90 Å². The van der Waals surface area contributed by atoms with Crippen LogP contribution in [0, 0.1) is 6.92 Å². The highest BCUT2D eigenvalue weighted by Gasteiger charge is 2.27. The largest absolute Gasteiger partial charge is 0.477 e. The SMILES string of the molecule is CCN(CCCO)S(=O)(=O)c1cc(C(=O)O)sc1C. The van der Waals surface area contributed by atoms with E-state index in [1.54, 1.807) is 13.8 Å². The zero-order valence-corrected chi connectivity index (χ0v) is 12.4. The molecule has 6 nitrogen and oxygen atoms in total. The highest BCUT2D eigenvalue weighted by molar-refractivity contribution is 7.89. The monoisotopic (exact) mass is 307 g/mol. The maximum Gasteiger partial charge on any atom is 0.345 e. The third-order valence-corrected chi connectivity index (χ3v) is 5.89. The molecular formula is C11H17NO5S2. The van der Waals surface area contributed by atoms with E-state index in [-0.39, 0.29) is 29.5 Å². The number of carboxylic acids is 1. The molecule has 0 saturated carbocycles. The highest BCUT2D eigenvalue weighted by atomic mass is 32.2. The van der Waals surface area contributed by atoms with Crippen molar-refractivity contribution in [3.63, 3.8) is 0 Å². The van der Waals surface area contributed by atoms with Crippen LogP contribution in [0.3, 0.4) is 0 Å². The van der Waals surface area contributed by atoms with Crippen molar-refractivity contribution in [1.82, 2.24) is 4.31 Å². The van der Waals surface area contributed by atoms with E-state index in [1.807, 2.05) is 0 Å². The van der Waals surface area contributed by atoms with E-state index in [2.05, 4.69) is 0 Å². The van der Waals surface area contributed by atoms with Gasteiger partial charge in [-0.3, -0.25) is 0 Å². The fourth-order valence-corrected chi connectivity index (χ4v) is 4.55. The van der Waals surface area contributed by atoms with Crippen molar-refractivity contribution in [2.75, 3.05) is 19.7 Å². The summed E-state index contributed by atoms with van der Waals surface area (Å²) in [6.07, 6.45) is 0.349. The maximum atomic E-state index is 12.4. The molecule has 0 aliphatic rings. The van der Waals surface area contributed by atoms with Crippen LogP contribution >= 0.6 is 11.3 Å². The van der Waals surface area contributed by atoms with Gasteiger partial charge in [-0.1, -0.05) is 6.92 Å². The van der Waals surface area contributed by atoms with Gasteiger partial charge in [-0.15, -0.1) is 11.3 Å². The van der Waals surface area contributed by atoms with Crippen LogP contribution < -0.4 is 0 Å². The average molecular weight is 307 g/mol. The molecule has 1 aromatic heterocycles. The van der Waals surface area contributed by atoms with E-state index in [0.717, 1.165) is 11.3 Å². The number of carboxylic acid groups (broad SMARTS) is 1. The number of sulfonamides is 1. The number of aliphatic hydroxyl groups is 1. The van der Waals surface area contributed by atoms with Crippen molar-refractivity contribution in [2.24, 2.45) is 0 Å². The lowest BCUT2D eigenvalue weighted by molar-refractivity contribution is 0.0702. The van der Waals surface area contributed by atoms with Crippen molar-refractivity contribution in [3.05, 3.63) is 15.8 Å². The van der Waals surface area contributed by atoms with Crippen molar-refractivity contribution in [3.8, 4) is 0 Å². The number of nitrogens with zero attached hydrogens (tertiary/aromatic N) is 1. The van der Waals surface area contributed by atoms with Gasteiger partial charge in [-0.05, 0) is 19.4 Å². The molecule has 1 aromatic rings. The van der Waals surface area contributed by atoms with Gasteiger partial charge in [-0.25, -0.2) is 13.2 Å². The van der Waals surface area contributed by atoms with Crippen LogP contribution in [0.4, 0.5) is 0 Å². The first-order chi connectivity index (χ1) is 8.84. The van der Waals surface area contributed by atoms with E-state index in [9.17, 15) is 13.2 Å². The predicted molar refractivity (Wildman–Crippen MR) is 72.2 cm³/mol. The second-order valence-corrected chi connectivity index (χ2v) is 7.07. The molecule has 0 bridgehead atoms. The molecule has 0 aliphatic heterocycles. The van der Waals surface area contributed by atoms with Gasteiger partial charge in [0.25, 0.3) is 0 Å². The van der Waals surface area contributed by atoms with Crippen molar-refractivity contribution in [2.45, 2.75) is 25.2 Å². The third-order valence-electron chi connectivity index (χ3n) is 2.62. The number of hydrogen-bond acceptors (Lipinski definition) is 5. The quantitative estimate of drug-likeness (QED) is 0.788. The minimum Gasteiger partial charge on any atom is -0.477 e. The first-order valence-corrected chi connectivity index (χ1v) is 8.05. The Morgan fingerprint density at radius 2 is 2.11 bits per heavy atom. The van der Waals surface area contributed by atoms with Gasteiger partial charge < -0.3 is 10.2 Å². The topological polar surface area (TPSA) is 94.9 Å². The summed E-state index contributed by atoms with van der Waals surface area (Å²) in [5, 5.41) is 17.7. The molecule has 19 heavy (non-hydrogen) atoms. The molecule has 0 spiro atoms. The third kappa shape index (κ3) is 3.53. The lowest BCUT2D eigenvalue weighted by Crippen LogP contribution is -2.32. The van der Waals surface area contributed by atoms with Gasteiger partial charge in [0.15, 0.2) is 0 Å². The molecule has 0 fully saturated rings. The number of hydrogen-bond donors (Lipinski definition) is 2. The van der Waals surface area contributed by atoms with Crippen molar-refractivity contribution < 1.29 is 23.4 Å². The maximum absolute atomic E-state index is 12.4. The molecule has 0 aromatic carbocycles. The standard InChI is InChI=1S/C11H17NO5S2/c1-3-12(5-4-6-13)19(16,17)10-7-9(11(14)15)18-8(10)2/h7,13H,3-6H2,1-2H3,(H,14,15). The van der Waals surface area contributed by atoms with Gasteiger partial charge in [0.2, 0.25) is 10.0 Å². The summed E-state index contributed by atoms with van der Waals surface area (Å²) < 4.78 is 26.0. The molecule has 0 amide bonds. The Labute approximate surface area is 116 Å². The molecule has 108 valence electrons. The minimum absolute atomic E-state index is 0.00860. The highest BCUT2D eigenvalue weighted by Crippen LogP contribution is 2.28. The van der Waals surface area contributed by atoms with Crippen LogP contribution in [0.2, 0.25) is 0 Å². The molecule has 1 rings (SSSR count). The molecule has 0 unspecified atom stereocenters. The number of aliphatic hydroxyl groups excluding tert-OH is 1. The van der Waals surface area contributed by atoms with E-state index in [4.69, 9.17) is 10.2 Å². The summed E-state index contributed by atoms with van der Waals surface area (Å²) >= 11 is 0.946. The number of aromatic carboxylic acids is 1. The number of carbonyl (C=O) groups is 1. The molecule has 0 atom stereocenters. The van der Waals surface area contributed by atoms with E-state index < -0.39 is 16.0 Å². The first-order valence-electron chi connectivity index (χ1n) is 5.79. The summed E-state index contributed by atoms with van der Waals surface area (Å²) in [6, 6.07) is 1.19. The molecular weight excluding hydrogens is 290 g/mol. The van der Waals surface area contributed by atoms with Crippen LogP contribution in [-0.4, -0.2) is 48.6 Å². The number of rotatable bonds is 7. The van der Waals surface area contributed by atoms with Crippen LogP contribution in [0.1, 0.15) is 27.9 Å². The average Bonchev–Trinajstić information content (AvgIpc) is 2.73. The number of aryl methyl sites for hydroxylation is 1. The van der Waals surface area contributed by atoms with Gasteiger partial charge in [0.1, 0.15) is 4.88 Å². The molecule has 0 radical (unpaired) electrons. The Hall–Kier alpha value is -0.960. The zero-order valence-electron chi connectivity index (χ0n) is 10.8. The Balaban J connectivity index is 3.14. The van der Waals surface area contributed by atoms with E-state index in [0.29, 0.717) is 11.3 Å². The normalized spacial score (nSPS) is 12.0. The van der Waals surface area contributed by atoms with Crippen LogP contribution in [-0.2, 0) is 10.0 Å². The smallest absolute Gasteiger partial charge is 0.345 e. The summed E-state index contributed by atoms with van der Waals surface area (Å²) in [6.45, 7) is 3.70. The molecule has 0 aliphatic carbocycles. The lowest BCUT2D eigenvalue weighted by atomic mass is 10.4. The van der Waals surface area contributed by atoms with Crippen molar-refractivity contribution in [1.29, 1.82) is 0 Å². The fraction of sp³-hybridized carbons (Fsp3) is 0.545. The first kappa shape index (κ1) is 16.1. The van der Waals surface area contributed by atoms with Gasteiger partial charge in [0, 0.05) is 24.6 Å². The Bertz CT molecular complexity index is 549. The Kier molecular flexibility index (Phi) is 5.48. The summed E-state index contributed by atoms with van der Waals surface area (Å²) in [7, 11) is -3.70. The van der Waals surface area contributed by atoms with Crippen molar-refractivity contribution >= 4 is 27.3 Å². The summed E-state index contributed by atoms with van der Waals surface area (Å²) in [5.41, 5.74) is 0. The number of thiophene rings is 1. The lowest BCUT2D eigenvalue weighted by Gasteiger charge is -2.19. The summed E-state index contributed by atoms with van der Waals surface area (Å²) in [5.74, 6) is -1.13. The molecule has 8 heteroatoms. The molecule has 1 heterocycles. The van der Waals surface area contributed by atoms with Crippen LogP contribution in [0.15, 0.2) is 11.0 Å². The minimum atomic E-state index is -3.70. The predicted octanol–water partition coefficient (Wildman–Crippen LogP) is 1.15. The Morgan fingerprint density at radius 1 is 1.47 bits per heavy atom. The van der Waals surface area contributed by atoms with Gasteiger partial charge >= 0.3 is 5.97 Å². The van der Waals surface area contributed by atoms with Gasteiger partial charge in [-0.2, -0.15) is 4.31 Å². The van der Waals surface area contributed by atoms with E-state index >= 15 is 0 Å². The summed E-state index contributed by atoms with van der Waals surface area (Å²) in [4.78, 5) is 11.4. The fourth-order valence-electron chi connectivity index (χ4n) is 1.66. The molecule has 2 N–H and O–H groups in total. The zero-order chi connectivity index (χ0) is 14.6. The second-order valence-electron chi connectivity index (χ2n) is 3.91. The van der Waals surface area contributed by atoms with Crippen LogP contribution in [0.5, 0.6) is 0 Å². The molecule has 0 saturated heterocycles. The Morgan fingerprint density at radius 3 is 2.53 bits per heavy atom. The second kappa shape index (κ2) is 6.47.